The van der Waals surface area contributed by atoms with E-state index >= 15 is 0 Å². The Morgan fingerprint density at radius 3 is 0.659 bits per heavy atom. The van der Waals surface area contributed by atoms with Crippen molar-refractivity contribution in [2.75, 3.05) is 240 Å². The smallest absolute Gasteiger partial charge is 0.329 e. The highest BCUT2D eigenvalue weighted by molar-refractivity contribution is 5.69. The van der Waals surface area contributed by atoms with Crippen LogP contribution in [0.5, 0.6) is 0 Å². The van der Waals surface area contributed by atoms with Crippen molar-refractivity contribution in [1.29, 1.82) is 0 Å². The van der Waals surface area contributed by atoms with Gasteiger partial charge >= 0.3 is 41.8 Å². The minimum atomic E-state index is -1.18. The van der Waals surface area contributed by atoms with Gasteiger partial charge in [0.2, 0.25) is 0 Å². The molecule has 0 aromatic carbocycles. The standard InChI is InChI=1S/C12H20O10.2C10H19NO7.C7H17NO2.C6H15NO3.C6H14O4/c1-19-5-12(6-20-2-9(13)14,7-21-3-10(15)16)8-22-4-11(17)18;1-16-5-10(4-11,6-17-2-8(12)13)7-18-3-9(14)15;1-11-4-10(5-12,6-17-2-8(13)14)7-18-3-9(15)16;1-3-7(5-9,6-10)4-8-2;2*1-10-5-6(2-7,3-8)4-9/h2-8H2,1H3,(H,13,14)(H,15,16)(H,17,18);2-7,11H2,1H3,(H,12,13)(H,14,15);11-12H,2-7H2,1H3,(H,13,14)(H,15,16);8-10H,3-6H2,1-2H3;8-9H,2-5,7H2,1H3;7-9H,2-5H2,1H3. The maximum Gasteiger partial charge on any atom is 0.329 e. The summed E-state index contributed by atoms with van der Waals surface area (Å²) in [6, 6.07) is 0. The second kappa shape index (κ2) is 58.7. The molecule has 0 saturated carbocycles. The number of aliphatic hydroxyl groups is 8. The van der Waals surface area contributed by atoms with Gasteiger partial charge in [-0.3, -0.25) is 0 Å². The first-order valence-corrected chi connectivity index (χ1v) is 26.5. The van der Waals surface area contributed by atoms with Gasteiger partial charge in [0.1, 0.15) is 46.2 Å². The fourth-order valence-corrected chi connectivity index (χ4v) is 6.43. The van der Waals surface area contributed by atoms with E-state index in [1.807, 2.05) is 14.0 Å². The van der Waals surface area contributed by atoms with Gasteiger partial charge in [0.15, 0.2) is 0 Å². The monoisotopic (exact) mass is 1300 g/mol. The number of nitrogens with one attached hydrogen (secondary N) is 2. The van der Waals surface area contributed by atoms with Crippen LogP contribution in [0.3, 0.4) is 0 Å². The minimum Gasteiger partial charge on any atom is -0.480 e. The third-order valence-electron chi connectivity index (χ3n) is 11.6. The first kappa shape index (κ1) is 94.5. The third kappa shape index (κ3) is 51.1. The van der Waals surface area contributed by atoms with E-state index in [1.54, 1.807) is 7.05 Å². The summed E-state index contributed by atoms with van der Waals surface area (Å²) >= 11 is 0. The number of carbonyl (C=O) groups is 7. The zero-order valence-electron chi connectivity index (χ0n) is 51.6. The number of nitrogens with two attached hydrogens (primary N) is 2. The Balaban J connectivity index is -0.000000236. The number of rotatable bonds is 51. The lowest BCUT2D eigenvalue weighted by molar-refractivity contribution is -0.155. The van der Waals surface area contributed by atoms with Gasteiger partial charge in [-0.05, 0) is 20.5 Å². The number of carboxylic acid groups (broad SMARTS) is 7. The molecule has 0 aliphatic heterocycles. The van der Waals surface area contributed by atoms with Crippen LogP contribution in [-0.4, -0.2) is 359 Å². The molecule has 0 aromatic heterocycles. The molecule has 37 nitrogen and oxygen atoms in total. The fraction of sp³-hybridized carbons (Fsp3) is 0.863. The van der Waals surface area contributed by atoms with Crippen molar-refractivity contribution in [3.8, 4) is 0 Å². The predicted molar refractivity (Wildman–Crippen MR) is 304 cm³/mol. The normalized spacial score (nSPS) is 11.6. The Hall–Kier alpha value is -4.63. The van der Waals surface area contributed by atoms with E-state index in [2.05, 4.69) is 10.6 Å². The minimum absolute atomic E-state index is 0.00581. The second-order valence-corrected chi connectivity index (χ2v) is 20.0. The lowest BCUT2D eigenvalue weighted by atomic mass is 9.87. The summed E-state index contributed by atoms with van der Waals surface area (Å²) in [4.78, 5) is 72.7. The second-order valence-electron chi connectivity index (χ2n) is 20.0. The maximum absolute atomic E-state index is 10.5. The molecule has 0 atom stereocenters. The van der Waals surface area contributed by atoms with Crippen molar-refractivity contribution in [1.82, 2.24) is 10.6 Å². The highest BCUT2D eigenvalue weighted by atomic mass is 16.6. The molecule has 0 spiro atoms. The van der Waals surface area contributed by atoms with E-state index in [0.717, 1.165) is 6.42 Å². The fourth-order valence-electron chi connectivity index (χ4n) is 6.43. The molecule has 37 heteroatoms. The quantitative estimate of drug-likeness (QED) is 0.0269. The molecule has 88 heavy (non-hydrogen) atoms. The van der Waals surface area contributed by atoms with Gasteiger partial charge in [0.05, 0.1) is 153 Å². The summed E-state index contributed by atoms with van der Waals surface area (Å²) in [5.41, 5.74) is 6.41. The van der Waals surface area contributed by atoms with Crippen LogP contribution in [-0.2, 0) is 85.7 Å². The van der Waals surface area contributed by atoms with E-state index in [4.69, 9.17) is 135 Å². The van der Waals surface area contributed by atoms with Crippen LogP contribution in [0.4, 0.5) is 0 Å². The average molecular weight is 1300 g/mol. The Morgan fingerprint density at radius 2 is 0.500 bits per heavy atom. The van der Waals surface area contributed by atoms with Gasteiger partial charge in [-0.1, -0.05) is 6.92 Å². The number of aliphatic hydroxyl groups excluding tert-OH is 8. The van der Waals surface area contributed by atoms with E-state index in [9.17, 15) is 38.7 Å². The summed E-state index contributed by atoms with van der Waals surface area (Å²) in [6.07, 6.45) is 0.792. The van der Waals surface area contributed by atoms with E-state index in [1.165, 1.54) is 28.4 Å². The molecular formula is C51H104N4O33. The Labute approximate surface area is 511 Å². The first-order valence-electron chi connectivity index (χ1n) is 26.5. The van der Waals surface area contributed by atoms with Crippen molar-refractivity contribution < 1.29 is 162 Å². The molecule has 0 saturated heterocycles. The van der Waals surface area contributed by atoms with Gasteiger partial charge < -0.3 is 151 Å². The average Bonchev–Trinajstić information content (AvgIpc) is 3.68. The summed E-state index contributed by atoms with van der Waals surface area (Å²) in [5.74, 6) is -7.94. The zero-order chi connectivity index (χ0) is 69.2. The Kier molecular flexibility index (Phi) is 63.1. The van der Waals surface area contributed by atoms with E-state index in [0.29, 0.717) is 13.1 Å². The molecule has 0 heterocycles. The lowest BCUT2D eigenvalue weighted by Gasteiger charge is -2.31. The largest absolute Gasteiger partial charge is 0.480 e. The molecule has 0 aliphatic rings. The number of aliphatic carboxylic acids is 7. The molecule has 21 N–H and O–H groups in total. The van der Waals surface area contributed by atoms with E-state index < -0.39 is 115 Å². The number of methoxy groups -OCH3 is 4. The summed E-state index contributed by atoms with van der Waals surface area (Å²) in [5, 5.41) is 136. The number of ether oxygens (including phenoxy) is 11. The van der Waals surface area contributed by atoms with E-state index in [-0.39, 0.29) is 144 Å². The van der Waals surface area contributed by atoms with Crippen molar-refractivity contribution in [2.45, 2.75) is 13.3 Å². The van der Waals surface area contributed by atoms with Crippen LogP contribution in [0.25, 0.3) is 0 Å². The van der Waals surface area contributed by atoms with Crippen molar-refractivity contribution in [2.24, 2.45) is 44.0 Å². The molecule has 0 aromatic rings. The van der Waals surface area contributed by atoms with Gasteiger partial charge in [0, 0.05) is 60.0 Å². The van der Waals surface area contributed by atoms with Crippen LogP contribution in [0.15, 0.2) is 0 Å². The molecular weight excluding hydrogens is 1200 g/mol. The Morgan fingerprint density at radius 1 is 0.307 bits per heavy atom. The van der Waals surface area contributed by atoms with Crippen LogP contribution >= 0.6 is 0 Å². The van der Waals surface area contributed by atoms with Crippen molar-refractivity contribution in [3.05, 3.63) is 0 Å². The summed E-state index contributed by atoms with van der Waals surface area (Å²) in [6.45, 7) is -1.51. The predicted octanol–water partition coefficient (Wildman–Crippen LogP) is -7.16. The number of carboxylic acids is 7. The van der Waals surface area contributed by atoms with Crippen LogP contribution in [0, 0.1) is 32.5 Å². The van der Waals surface area contributed by atoms with Crippen LogP contribution < -0.4 is 22.1 Å². The zero-order valence-corrected chi connectivity index (χ0v) is 51.6. The molecule has 0 unspecified atom stereocenters. The number of hydrogen-bond acceptors (Lipinski definition) is 30. The first-order chi connectivity index (χ1) is 41.4. The van der Waals surface area contributed by atoms with Crippen LogP contribution in [0.1, 0.15) is 13.3 Å². The van der Waals surface area contributed by atoms with Gasteiger partial charge in [-0.2, -0.15) is 0 Å². The third-order valence-corrected chi connectivity index (χ3v) is 11.6. The highest BCUT2D eigenvalue weighted by Crippen LogP contribution is 2.22. The number of hydrogen-bond donors (Lipinski definition) is 19. The SMILES string of the molecule is CCC(CO)(CO)CNC.CNCC(CO)(COCC(=O)O)COCC(=O)O.COCC(CN)(CO)CO.COCC(CN)(COCC(=O)O)COCC(=O)O.COCC(CO)(CO)CO.COCC(COCC(=O)O)(COCC(=O)O)COCC(=O)O. The molecule has 0 amide bonds. The Bertz CT molecular complexity index is 1520. The maximum atomic E-state index is 10.5. The summed E-state index contributed by atoms with van der Waals surface area (Å²) < 4.78 is 54.3. The molecule has 526 valence electrons. The van der Waals surface area contributed by atoms with Gasteiger partial charge in [-0.25, -0.2) is 33.6 Å². The van der Waals surface area contributed by atoms with Gasteiger partial charge in [0.25, 0.3) is 0 Å². The molecule has 0 aliphatic carbocycles. The summed E-state index contributed by atoms with van der Waals surface area (Å²) in [7, 11) is 9.26. The highest BCUT2D eigenvalue weighted by Gasteiger charge is 2.35. The van der Waals surface area contributed by atoms with Crippen molar-refractivity contribution in [3.63, 3.8) is 0 Å². The van der Waals surface area contributed by atoms with Crippen LogP contribution in [0.2, 0.25) is 0 Å². The molecule has 0 rings (SSSR count). The van der Waals surface area contributed by atoms with Crippen molar-refractivity contribution >= 4 is 41.8 Å². The lowest BCUT2D eigenvalue weighted by Crippen LogP contribution is -2.44. The topological polar surface area (TPSA) is 601 Å². The molecule has 0 radical (unpaired) electrons. The molecule has 0 fully saturated rings. The molecule has 0 bridgehead atoms. The van der Waals surface area contributed by atoms with Gasteiger partial charge in [-0.15, -0.1) is 0 Å².